The second kappa shape index (κ2) is 3.91. The zero-order chi connectivity index (χ0) is 11.9. The van der Waals surface area contributed by atoms with Crippen LogP contribution >= 0.6 is 0 Å². The third-order valence-corrected chi connectivity index (χ3v) is 3.38. The highest BCUT2D eigenvalue weighted by Crippen LogP contribution is 2.33. The molecule has 0 radical (unpaired) electrons. The Kier molecular flexibility index (Phi) is 2.72. The molecular formula is C13H18N2O. The van der Waals surface area contributed by atoms with Gasteiger partial charge in [0.25, 0.3) is 5.91 Å². The lowest BCUT2D eigenvalue weighted by Gasteiger charge is -2.15. The molecule has 1 amide bonds. The zero-order valence-corrected chi connectivity index (χ0v) is 10.1. The van der Waals surface area contributed by atoms with E-state index in [0.29, 0.717) is 0 Å². The molecule has 0 fully saturated rings. The minimum atomic E-state index is 0.0702. The van der Waals surface area contributed by atoms with E-state index in [4.69, 9.17) is 5.73 Å². The van der Waals surface area contributed by atoms with Crippen LogP contribution in [-0.2, 0) is 6.42 Å². The highest BCUT2D eigenvalue weighted by Gasteiger charge is 2.23. The predicted octanol–water partition coefficient (Wildman–Crippen LogP) is 1.64. The van der Waals surface area contributed by atoms with Gasteiger partial charge in [-0.2, -0.15) is 0 Å². The summed E-state index contributed by atoms with van der Waals surface area (Å²) in [5, 5.41) is 0. The van der Waals surface area contributed by atoms with Crippen LogP contribution in [0, 0.1) is 6.92 Å². The van der Waals surface area contributed by atoms with Gasteiger partial charge in [0.1, 0.15) is 0 Å². The molecule has 1 aliphatic carbocycles. The molecule has 86 valence electrons. The number of fused-ring (bicyclic) bond motifs is 1. The molecule has 0 saturated carbocycles. The van der Waals surface area contributed by atoms with Gasteiger partial charge in [-0.25, -0.2) is 0 Å². The first-order valence-corrected chi connectivity index (χ1v) is 5.62. The number of hydrogen-bond acceptors (Lipinski definition) is 2. The van der Waals surface area contributed by atoms with Crippen LogP contribution in [0.15, 0.2) is 12.1 Å². The number of hydrogen-bond donors (Lipinski definition) is 1. The highest BCUT2D eigenvalue weighted by molar-refractivity contribution is 5.95. The van der Waals surface area contributed by atoms with Crippen LogP contribution in [0.3, 0.4) is 0 Å². The normalized spacial score (nSPS) is 18.4. The van der Waals surface area contributed by atoms with Gasteiger partial charge in [0, 0.05) is 25.7 Å². The summed E-state index contributed by atoms with van der Waals surface area (Å²) in [5.74, 6) is 0.0702. The summed E-state index contributed by atoms with van der Waals surface area (Å²) in [6.45, 7) is 2.02. The van der Waals surface area contributed by atoms with Crippen molar-refractivity contribution >= 4 is 5.91 Å². The Balaban J connectivity index is 2.48. The fourth-order valence-electron chi connectivity index (χ4n) is 2.38. The maximum absolute atomic E-state index is 11.9. The molecule has 1 aromatic rings. The Morgan fingerprint density at radius 2 is 2.12 bits per heavy atom. The van der Waals surface area contributed by atoms with Gasteiger partial charge in [-0.1, -0.05) is 6.07 Å². The zero-order valence-electron chi connectivity index (χ0n) is 10.1. The fourth-order valence-corrected chi connectivity index (χ4v) is 2.38. The number of benzene rings is 1. The van der Waals surface area contributed by atoms with Crippen molar-refractivity contribution in [1.82, 2.24) is 4.90 Å². The van der Waals surface area contributed by atoms with Gasteiger partial charge < -0.3 is 10.6 Å². The number of nitrogens with zero attached hydrogens (tertiary/aromatic N) is 1. The van der Waals surface area contributed by atoms with Gasteiger partial charge in [-0.05, 0) is 42.5 Å². The molecule has 0 heterocycles. The number of carbonyl (C=O) groups excluding carboxylic acids is 1. The molecule has 3 nitrogen and oxygen atoms in total. The molecule has 1 aliphatic rings. The van der Waals surface area contributed by atoms with Crippen molar-refractivity contribution in [1.29, 1.82) is 0 Å². The third-order valence-electron chi connectivity index (χ3n) is 3.38. The lowest BCUT2D eigenvalue weighted by molar-refractivity contribution is 0.0827. The minimum absolute atomic E-state index is 0.0702. The summed E-state index contributed by atoms with van der Waals surface area (Å²) in [6.07, 6.45) is 1.99. The maximum atomic E-state index is 11.9. The van der Waals surface area contributed by atoms with Crippen molar-refractivity contribution in [2.45, 2.75) is 25.8 Å². The molecule has 0 aliphatic heterocycles. The summed E-state index contributed by atoms with van der Waals surface area (Å²) in [5.41, 5.74) is 10.4. The van der Waals surface area contributed by atoms with Crippen molar-refractivity contribution in [3.63, 3.8) is 0 Å². The van der Waals surface area contributed by atoms with Crippen LogP contribution in [0.2, 0.25) is 0 Å². The second-order valence-corrected chi connectivity index (χ2v) is 4.65. The number of amides is 1. The van der Waals surface area contributed by atoms with Gasteiger partial charge in [-0.3, -0.25) is 4.79 Å². The van der Waals surface area contributed by atoms with Crippen LogP contribution in [0.1, 0.15) is 39.5 Å². The van der Waals surface area contributed by atoms with Crippen LogP contribution in [0.5, 0.6) is 0 Å². The molecule has 0 unspecified atom stereocenters. The van der Waals surface area contributed by atoms with Gasteiger partial charge in [0.15, 0.2) is 0 Å². The van der Waals surface area contributed by atoms with Crippen molar-refractivity contribution < 1.29 is 4.79 Å². The number of carbonyl (C=O) groups is 1. The van der Waals surface area contributed by atoms with E-state index in [0.717, 1.165) is 24.0 Å². The molecule has 3 heteroatoms. The van der Waals surface area contributed by atoms with E-state index in [2.05, 4.69) is 0 Å². The van der Waals surface area contributed by atoms with Crippen LogP contribution in [0.25, 0.3) is 0 Å². The van der Waals surface area contributed by atoms with E-state index >= 15 is 0 Å². The highest BCUT2D eigenvalue weighted by atomic mass is 16.2. The Bertz CT molecular complexity index is 438. The molecule has 1 atom stereocenters. The average Bonchev–Trinajstić information content (AvgIpc) is 2.61. The molecule has 2 rings (SSSR count). The van der Waals surface area contributed by atoms with Crippen molar-refractivity contribution in [3.8, 4) is 0 Å². The van der Waals surface area contributed by atoms with E-state index in [1.54, 1.807) is 19.0 Å². The molecule has 0 aromatic heterocycles. The van der Waals surface area contributed by atoms with Gasteiger partial charge in [0.05, 0.1) is 0 Å². The van der Waals surface area contributed by atoms with Crippen molar-refractivity contribution in [3.05, 3.63) is 34.4 Å². The largest absolute Gasteiger partial charge is 0.345 e. The van der Waals surface area contributed by atoms with Crippen molar-refractivity contribution in [2.75, 3.05) is 14.1 Å². The van der Waals surface area contributed by atoms with Crippen molar-refractivity contribution in [2.24, 2.45) is 5.73 Å². The summed E-state index contributed by atoms with van der Waals surface area (Å²) in [6, 6.07) is 4.07. The van der Waals surface area contributed by atoms with E-state index in [1.807, 2.05) is 19.1 Å². The van der Waals surface area contributed by atoms with Crippen LogP contribution < -0.4 is 5.73 Å². The lowest BCUT2D eigenvalue weighted by Crippen LogP contribution is -2.23. The van der Waals surface area contributed by atoms with Crippen LogP contribution in [-0.4, -0.2) is 24.9 Å². The smallest absolute Gasteiger partial charge is 0.253 e. The second-order valence-electron chi connectivity index (χ2n) is 4.65. The van der Waals surface area contributed by atoms with E-state index < -0.39 is 0 Å². The summed E-state index contributed by atoms with van der Waals surface area (Å²) >= 11 is 0. The Morgan fingerprint density at radius 3 is 2.75 bits per heavy atom. The Hall–Kier alpha value is -1.35. The van der Waals surface area contributed by atoms with Gasteiger partial charge in [-0.15, -0.1) is 0 Å². The van der Waals surface area contributed by atoms with E-state index in [9.17, 15) is 4.79 Å². The lowest BCUT2D eigenvalue weighted by atomic mass is 9.97. The topological polar surface area (TPSA) is 46.3 Å². The van der Waals surface area contributed by atoms with Gasteiger partial charge in [0.2, 0.25) is 0 Å². The number of nitrogens with two attached hydrogens (primary N) is 1. The molecule has 16 heavy (non-hydrogen) atoms. The minimum Gasteiger partial charge on any atom is -0.345 e. The molecule has 2 N–H and O–H groups in total. The number of rotatable bonds is 1. The third kappa shape index (κ3) is 1.61. The van der Waals surface area contributed by atoms with Crippen LogP contribution in [0.4, 0.5) is 0 Å². The summed E-state index contributed by atoms with van der Waals surface area (Å²) < 4.78 is 0. The molecule has 1 aromatic carbocycles. The Labute approximate surface area is 96.2 Å². The molecule has 0 bridgehead atoms. The predicted molar refractivity (Wildman–Crippen MR) is 64.4 cm³/mol. The average molecular weight is 218 g/mol. The fraction of sp³-hybridized carbons (Fsp3) is 0.462. The molecular weight excluding hydrogens is 200 g/mol. The standard InChI is InChI=1S/C13H18N2O/c1-8-9-6-7-12(14)11(9)5-4-10(8)13(16)15(2)3/h4-5,12H,6-7,14H2,1-3H3/t12-/m0/s1. The summed E-state index contributed by atoms with van der Waals surface area (Å²) in [4.78, 5) is 13.6. The van der Waals surface area contributed by atoms with Gasteiger partial charge >= 0.3 is 0 Å². The first kappa shape index (κ1) is 11.1. The summed E-state index contributed by atoms with van der Waals surface area (Å²) in [7, 11) is 3.56. The van der Waals surface area contributed by atoms with E-state index in [-0.39, 0.29) is 11.9 Å². The molecule has 0 saturated heterocycles. The first-order valence-electron chi connectivity index (χ1n) is 5.62. The molecule has 0 spiro atoms. The Morgan fingerprint density at radius 1 is 1.44 bits per heavy atom. The maximum Gasteiger partial charge on any atom is 0.253 e. The first-order chi connectivity index (χ1) is 7.52. The quantitative estimate of drug-likeness (QED) is 0.779. The van der Waals surface area contributed by atoms with E-state index in [1.165, 1.54) is 11.1 Å². The monoisotopic (exact) mass is 218 g/mol. The SMILES string of the molecule is Cc1c(C(=O)N(C)C)ccc2c1CC[C@@H]2N.